The van der Waals surface area contributed by atoms with Crippen molar-refractivity contribution in [2.45, 2.75) is 52.2 Å². The molecule has 26 heavy (non-hydrogen) atoms. The normalized spacial score (nSPS) is 20.6. The molecule has 8 nitrogen and oxygen atoms in total. The summed E-state index contributed by atoms with van der Waals surface area (Å²) in [6.45, 7) is 7.62. The quantitative estimate of drug-likeness (QED) is 0.715. The number of aryl methyl sites for hydroxylation is 3. The van der Waals surface area contributed by atoms with Gasteiger partial charge in [-0.15, -0.1) is 10.2 Å². The molecule has 0 unspecified atom stereocenters. The van der Waals surface area contributed by atoms with E-state index in [0.717, 1.165) is 48.5 Å². The first-order valence-electron chi connectivity index (χ1n) is 9.06. The molecule has 0 amide bonds. The SMILES string of the molecule is CCn1nc(C)c(-c2nnc([C@@H]3CCCO[C@H]3c3cnn(C)c3)o2)c1C. The van der Waals surface area contributed by atoms with Gasteiger partial charge in [0, 0.05) is 37.7 Å². The highest BCUT2D eigenvalue weighted by Gasteiger charge is 2.34. The molecule has 1 aliphatic heterocycles. The molecule has 0 N–H and O–H groups in total. The average Bonchev–Trinajstić information content (AvgIpc) is 3.34. The second-order valence-corrected chi connectivity index (χ2v) is 6.79. The van der Waals surface area contributed by atoms with Crippen molar-refractivity contribution in [2.75, 3.05) is 6.61 Å². The smallest absolute Gasteiger partial charge is 0.251 e. The summed E-state index contributed by atoms with van der Waals surface area (Å²) < 4.78 is 15.9. The van der Waals surface area contributed by atoms with E-state index < -0.39 is 0 Å². The van der Waals surface area contributed by atoms with Gasteiger partial charge in [-0.2, -0.15) is 10.2 Å². The molecule has 0 aliphatic carbocycles. The fourth-order valence-electron chi connectivity index (χ4n) is 3.75. The van der Waals surface area contributed by atoms with Gasteiger partial charge in [0.15, 0.2) is 0 Å². The lowest BCUT2D eigenvalue weighted by Gasteiger charge is -2.28. The Morgan fingerprint density at radius 2 is 2.12 bits per heavy atom. The van der Waals surface area contributed by atoms with Crippen LogP contribution in [0.4, 0.5) is 0 Å². The van der Waals surface area contributed by atoms with Crippen molar-refractivity contribution in [2.24, 2.45) is 7.05 Å². The zero-order valence-electron chi connectivity index (χ0n) is 15.6. The number of ether oxygens (including phenoxy) is 1. The van der Waals surface area contributed by atoms with E-state index >= 15 is 0 Å². The number of nitrogens with zero attached hydrogens (tertiary/aromatic N) is 6. The lowest BCUT2D eigenvalue weighted by atomic mass is 9.91. The van der Waals surface area contributed by atoms with Gasteiger partial charge in [0.2, 0.25) is 5.89 Å². The van der Waals surface area contributed by atoms with Gasteiger partial charge >= 0.3 is 0 Å². The lowest BCUT2D eigenvalue weighted by molar-refractivity contribution is -0.00890. The predicted molar refractivity (Wildman–Crippen MR) is 94.5 cm³/mol. The third-order valence-corrected chi connectivity index (χ3v) is 5.03. The van der Waals surface area contributed by atoms with Crippen LogP contribution in [0.25, 0.3) is 11.5 Å². The van der Waals surface area contributed by atoms with E-state index in [0.29, 0.717) is 11.8 Å². The largest absolute Gasteiger partial charge is 0.420 e. The summed E-state index contributed by atoms with van der Waals surface area (Å²) >= 11 is 0. The Balaban J connectivity index is 1.67. The molecule has 0 aromatic carbocycles. The fraction of sp³-hybridized carbons (Fsp3) is 0.556. The van der Waals surface area contributed by atoms with Crippen molar-refractivity contribution >= 4 is 0 Å². The van der Waals surface area contributed by atoms with Crippen molar-refractivity contribution in [3.63, 3.8) is 0 Å². The Hall–Kier alpha value is -2.48. The summed E-state index contributed by atoms with van der Waals surface area (Å²) in [4.78, 5) is 0. The topological polar surface area (TPSA) is 83.8 Å². The molecule has 4 heterocycles. The van der Waals surface area contributed by atoms with Crippen molar-refractivity contribution in [1.29, 1.82) is 0 Å². The highest BCUT2D eigenvalue weighted by molar-refractivity contribution is 5.59. The minimum atomic E-state index is -0.105. The van der Waals surface area contributed by atoms with Crippen LogP contribution in [0, 0.1) is 13.8 Å². The van der Waals surface area contributed by atoms with Gasteiger partial charge in [0.05, 0.1) is 29.5 Å². The highest BCUT2D eigenvalue weighted by atomic mass is 16.5. The lowest BCUT2D eigenvalue weighted by Crippen LogP contribution is -2.21. The van der Waals surface area contributed by atoms with E-state index in [9.17, 15) is 0 Å². The van der Waals surface area contributed by atoms with Gasteiger partial charge in [-0.1, -0.05) is 0 Å². The van der Waals surface area contributed by atoms with E-state index in [2.05, 4.69) is 27.3 Å². The maximum absolute atomic E-state index is 6.10. The Morgan fingerprint density at radius 3 is 2.81 bits per heavy atom. The van der Waals surface area contributed by atoms with Crippen LogP contribution >= 0.6 is 0 Å². The van der Waals surface area contributed by atoms with Crippen LogP contribution in [0.3, 0.4) is 0 Å². The fourth-order valence-corrected chi connectivity index (χ4v) is 3.75. The summed E-state index contributed by atoms with van der Waals surface area (Å²) in [5, 5.41) is 17.5. The Kier molecular flexibility index (Phi) is 4.36. The summed E-state index contributed by atoms with van der Waals surface area (Å²) in [5.74, 6) is 1.19. The zero-order valence-corrected chi connectivity index (χ0v) is 15.6. The van der Waals surface area contributed by atoms with E-state index in [1.54, 1.807) is 4.68 Å². The standard InChI is InChI=1S/C18H24N6O2/c1-5-24-12(3)15(11(2)22-24)18-21-20-17(26-18)14-7-6-8-25-16(14)13-9-19-23(4)10-13/h9-10,14,16H,5-8H2,1-4H3/t14-,16+/m1/s1. The van der Waals surface area contributed by atoms with Gasteiger partial charge in [-0.25, -0.2) is 0 Å². The molecule has 0 bridgehead atoms. The summed E-state index contributed by atoms with van der Waals surface area (Å²) in [6.07, 6.45) is 5.66. The van der Waals surface area contributed by atoms with Gasteiger partial charge in [-0.05, 0) is 33.6 Å². The third kappa shape index (κ3) is 2.84. The maximum atomic E-state index is 6.10. The van der Waals surface area contributed by atoms with Gasteiger partial charge in [-0.3, -0.25) is 9.36 Å². The minimum Gasteiger partial charge on any atom is -0.420 e. The number of aromatic nitrogens is 6. The molecule has 0 spiro atoms. The summed E-state index contributed by atoms with van der Waals surface area (Å²) in [5.41, 5.74) is 3.93. The first kappa shape index (κ1) is 17.0. The monoisotopic (exact) mass is 356 g/mol. The van der Waals surface area contributed by atoms with E-state index in [4.69, 9.17) is 9.15 Å². The van der Waals surface area contributed by atoms with Crippen molar-refractivity contribution < 1.29 is 9.15 Å². The molecule has 3 aromatic heterocycles. The van der Waals surface area contributed by atoms with Crippen LogP contribution in [0.15, 0.2) is 16.8 Å². The van der Waals surface area contributed by atoms with Crippen molar-refractivity contribution in [1.82, 2.24) is 29.8 Å². The molecule has 0 saturated carbocycles. The van der Waals surface area contributed by atoms with Crippen LogP contribution in [0.1, 0.15) is 54.6 Å². The second kappa shape index (κ2) is 6.68. The highest BCUT2D eigenvalue weighted by Crippen LogP contribution is 2.41. The Morgan fingerprint density at radius 1 is 1.27 bits per heavy atom. The number of rotatable bonds is 4. The van der Waals surface area contributed by atoms with E-state index in [1.165, 1.54) is 0 Å². The van der Waals surface area contributed by atoms with Gasteiger partial charge in [0.1, 0.15) is 0 Å². The molecule has 138 valence electrons. The van der Waals surface area contributed by atoms with Crippen LogP contribution in [0.2, 0.25) is 0 Å². The van der Waals surface area contributed by atoms with Gasteiger partial charge < -0.3 is 9.15 Å². The second-order valence-electron chi connectivity index (χ2n) is 6.79. The average molecular weight is 356 g/mol. The molecular formula is C18H24N6O2. The molecule has 1 aliphatic rings. The van der Waals surface area contributed by atoms with Crippen LogP contribution in [-0.4, -0.2) is 36.4 Å². The summed E-state index contributed by atoms with van der Waals surface area (Å²) in [7, 11) is 1.91. The molecule has 1 saturated heterocycles. The molecule has 2 atom stereocenters. The Labute approximate surface area is 152 Å². The number of hydrogen-bond donors (Lipinski definition) is 0. The van der Waals surface area contributed by atoms with Crippen molar-refractivity contribution in [3.8, 4) is 11.5 Å². The maximum Gasteiger partial charge on any atom is 0.251 e. The first-order valence-corrected chi connectivity index (χ1v) is 9.06. The zero-order chi connectivity index (χ0) is 18.3. The Bertz CT molecular complexity index is 909. The van der Waals surface area contributed by atoms with Crippen molar-refractivity contribution in [3.05, 3.63) is 35.2 Å². The van der Waals surface area contributed by atoms with Crippen LogP contribution in [0.5, 0.6) is 0 Å². The van der Waals surface area contributed by atoms with E-state index in [-0.39, 0.29) is 12.0 Å². The number of hydrogen-bond acceptors (Lipinski definition) is 6. The first-order chi connectivity index (χ1) is 12.6. The van der Waals surface area contributed by atoms with Crippen LogP contribution in [-0.2, 0) is 18.3 Å². The molecular weight excluding hydrogens is 332 g/mol. The minimum absolute atomic E-state index is 0.0380. The molecule has 4 rings (SSSR count). The third-order valence-electron chi connectivity index (χ3n) is 5.03. The molecule has 0 radical (unpaired) electrons. The van der Waals surface area contributed by atoms with Crippen LogP contribution < -0.4 is 0 Å². The predicted octanol–water partition coefficient (Wildman–Crippen LogP) is 2.94. The molecule has 8 heteroatoms. The van der Waals surface area contributed by atoms with Gasteiger partial charge in [0.25, 0.3) is 5.89 Å². The molecule has 1 fully saturated rings. The van der Waals surface area contributed by atoms with E-state index in [1.807, 2.05) is 38.0 Å². The molecule has 3 aromatic rings. The summed E-state index contributed by atoms with van der Waals surface area (Å²) in [6, 6.07) is 0.